The molecule has 92 valence electrons. The summed E-state index contributed by atoms with van der Waals surface area (Å²) in [4.78, 5) is 2.32. The molecule has 3 nitrogen and oxygen atoms in total. The van der Waals surface area contributed by atoms with E-state index >= 15 is 0 Å². The number of fused-ring (bicyclic) bond motifs is 1. The molecule has 2 aliphatic heterocycles. The van der Waals surface area contributed by atoms with E-state index in [-0.39, 0.29) is 0 Å². The molecule has 0 aromatic heterocycles. The van der Waals surface area contributed by atoms with Gasteiger partial charge in [-0.1, -0.05) is 6.07 Å². The van der Waals surface area contributed by atoms with Gasteiger partial charge in [-0.25, -0.2) is 0 Å². The SMILES string of the molecule is CN1CC[C@@H](Oc2ccc3c(c2)CNCC3)C1. The first kappa shape index (κ1) is 11.1. The average molecular weight is 232 g/mol. The molecule has 2 heterocycles. The number of benzene rings is 1. The number of hydrogen-bond acceptors (Lipinski definition) is 3. The fraction of sp³-hybridized carbons (Fsp3) is 0.571. The van der Waals surface area contributed by atoms with Crippen LogP contribution in [0.3, 0.4) is 0 Å². The number of rotatable bonds is 2. The van der Waals surface area contributed by atoms with Gasteiger partial charge in [0.25, 0.3) is 0 Å². The van der Waals surface area contributed by atoms with Gasteiger partial charge in [-0.2, -0.15) is 0 Å². The van der Waals surface area contributed by atoms with Crippen LogP contribution in [0.1, 0.15) is 17.5 Å². The zero-order chi connectivity index (χ0) is 11.7. The monoisotopic (exact) mass is 232 g/mol. The van der Waals surface area contributed by atoms with E-state index < -0.39 is 0 Å². The minimum Gasteiger partial charge on any atom is -0.489 e. The number of likely N-dealkylation sites (N-methyl/N-ethyl adjacent to an activating group) is 1. The van der Waals surface area contributed by atoms with E-state index in [0.717, 1.165) is 44.8 Å². The lowest BCUT2D eigenvalue weighted by molar-refractivity contribution is 0.208. The molecule has 1 atom stereocenters. The van der Waals surface area contributed by atoms with Crippen molar-refractivity contribution in [2.75, 3.05) is 26.7 Å². The van der Waals surface area contributed by atoms with E-state index in [2.05, 4.69) is 35.5 Å². The van der Waals surface area contributed by atoms with E-state index in [4.69, 9.17) is 4.74 Å². The molecular weight excluding hydrogens is 212 g/mol. The van der Waals surface area contributed by atoms with Crippen LogP contribution in [-0.2, 0) is 13.0 Å². The smallest absolute Gasteiger partial charge is 0.120 e. The highest BCUT2D eigenvalue weighted by molar-refractivity contribution is 5.37. The van der Waals surface area contributed by atoms with E-state index in [0.29, 0.717) is 6.10 Å². The van der Waals surface area contributed by atoms with Crippen LogP contribution in [0.4, 0.5) is 0 Å². The lowest BCUT2D eigenvalue weighted by Gasteiger charge is -2.19. The largest absolute Gasteiger partial charge is 0.489 e. The number of ether oxygens (including phenoxy) is 1. The van der Waals surface area contributed by atoms with Crippen molar-refractivity contribution < 1.29 is 4.74 Å². The first-order chi connectivity index (χ1) is 8.31. The standard InChI is InChI=1S/C14H20N2O/c1-16-7-5-14(10-16)17-13-3-2-11-4-6-15-9-12(11)8-13/h2-3,8,14-15H,4-7,9-10H2,1H3/t14-/m1/s1. The van der Waals surface area contributed by atoms with Gasteiger partial charge in [-0.15, -0.1) is 0 Å². The molecule has 1 aromatic rings. The highest BCUT2D eigenvalue weighted by Gasteiger charge is 2.21. The Hall–Kier alpha value is -1.06. The summed E-state index contributed by atoms with van der Waals surface area (Å²) in [6.07, 6.45) is 2.66. The van der Waals surface area contributed by atoms with E-state index in [9.17, 15) is 0 Å². The molecule has 1 N–H and O–H groups in total. The molecular formula is C14H20N2O. The third-order valence-corrected chi connectivity index (χ3v) is 3.72. The first-order valence-electron chi connectivity index (χ1n) is 6.49. The molecule has 0 spiro atoms. The Morgan fingerprint density at radius 2 is 2.29 bits per heavy atom. The van der Waals surface area contributed by atoms with Gasteiger partial charge in [-0.3, -0.25) is 0 Å². The van der Waals surface area contributed by atoms with Crippen LogP contribution < -0.4 is 10.1 Å². The Morgan fingerprint density at radius 3 is 3.12 bits per heavy atom. The molecule has 0 amide bonds. The molecule has 0 saturated carbocycles. The van der Waals surface area contributed by atoms with E-state index in [1.54, 1.807) is 0 Å². The van der Waals surface area contributed by atoms with Crippen molar-refractivity contribution >= 4 is 0 Å². The van der Waals surface area contributed by atoms with E-state index in [1.165, 1.54) is 11.1 Å². The van der Waals surface area contributed by atoms with Crippen molar-refractivity contribution in [2.24, 2.45) is 0 Å². The summed E-state index contributed by atoms with van der Waals surface area (Å²) >= 11 is 0. The molecule has 0 aliphatic carbocycles. The topological polar surface area (TPSA) is 24.5 Å². The number of nitrogens with one attached hydrogen (secondary N) is 1. The summed E-state index contributed by atoms with van der Waals surface area (Å²) in [6.45, 7) is 4.28. The Kier molecular flexibility index (Phi) is 3.04. The minimum atomic E-state index is 0.370. The van der Waals surface area contributed by atoms with Crippen LogP contribution in [0.5, 0.6) is 5.75 Å². The van der Waals surface area contributed by atoms with Crippen LogP contribution in [0.25, 0.3) is 0 Å². The van der Waals surface area contributed by atoms with Crippen molar-refractivity contribution in [3.05, 3.63) is 29.3 Å². The summed E-state index contributed by atoms with van der Waals surface area (Å²) in [5.41, 5.74) is 2.87. The third kappa shape index (κ3) is 2.45. The molecule has 2 aliphatic rings. The van der Waals surface area contributed by atoms with Gasteiger partial charge in [0, 0.05) is 19.6 Å². The highest BCUT2D eigenvalue weighted by Crippen LogP contribution is 2.23. The number of likely N-dealkylation sites (tertiary alicyclic amines) is 1. The Labute approximate surface area is 103 Å². The fourth-order valence-electron chi connectivity index (χ4n) is 2.71. The van der Waals surface area contributed by atoms with Gasteiger partial charge in [0.2, 0.25) is 0 Å². The van der Waals surface area contributed by atoms with Crippen molar-refractivity contribution in [3.63, 3.8) is 0 Å². The minimum absolute atomic E-state index is 0.370. The summed E-state index contributed by atoms with van der Waals surface area (Å²) in [5, 5.41) is 3.41. The molecule has 1 aromatic carbocycles. The fourth-order valence-corrected chi connectivity index (χ4v) is 2.71. The second-order valence-corrected chi connectivity index (χ2v) is 5.15. The average Bonchev–Trinajstić information content (AvgIpc) is 2.75. The molecule has 17 heavy (non-hydrogen) atoms. The van der Waals surface area contributed by atoms with E-state index in [1.807, 2.05) is 0 Å². The summed E-state index contributed by atoms with van der Waals surface area (Å²) in [7, 11) is 2.15. The maximum Gasteiger partial charge on any atom is 0.120 e. The predicted octanol–water partition coefficient (Wildman–Crippen LogP) is 1.42. The van der Waals surface area contributed by atoms with Gasteiger partial charge >= 0.3 is 0 Å². The van der Waals surface area contributed by atoms with Crippen LogP contribution in [0.15, 0.2) is 18.2 Å². The number of nitrogens with zero attached hydrogens (tertiary/aromatic N) is 1. The van der Waals surface area contributed by atoms with Crippen LogP contribution >= 0.6 is 0 Å². The normalized spacial score (nSPS) is 24.6. The van der Waals surface area contributed by atoms with Crippen molar-refractivity contribution in [1.82, 2.24) is 10.2 Å². The lowest BCUT2D eigenvalue weighted by Crippen LogP contribution is -2.24. The molecule has 3 heteroatoms. The van der Waals surface area contributed by atoms with Crippen LogP contribution in [-0.4, -0.2) is 37.7 Å². The van der Waals surface area contributed by atoms with Gasteiger partial charge in [0.1, 0.15) is 11.9 Å². The van der Waals surface area contributed by atoms with Gasteiger partial charge in [0.05, 0.1) is 0 Å². The summed E-state index contributed by atoms with van der Waals surface area (Å²) < 4.78 is 6.04. The van der Waals surface area contributed by atoms with Crippen molar-refractivity contribution in [1.29, 1.82) is 0 Å². The van der Waals surface area contributed by atoms with Gasteiger partial charge in [-0.05, 0) is 49.7 Å². The van der Waals surface area contributed by atoms with Crippen molar-refractivity contribution in [2.45, 2.75) is 25.5 Å². The third-order valence-electron chi connectivity index (χ3n) is 3.72. The van der Waals surface area contributed by atoms with Crippen LogP contribution in [0.2, 0.25) is 0 Å². The molecule has 1 saturated heterocycles. The second kappa shape index (κ2) is 4.67. The summed E-state index contributed by atoms with van der Waals surface area (Å²) in [6, 6.07) is 6.56. The lowest BCUT2D eigenvalue weighted by atomic mass is 10.0. The maximum atomic E-state index is 6.04. The Balaban J connectivity index is 1.71. The molecule has 0 radical (unpaired) electrons. The summed E-state index contributed by atoms with van der Waals surface area (Å²) in [5.74, 6) is 1.03. The zero-order valence-corrected chi connectivity index (χ0v) is 10.4. The number of hydrogen-bond donors (Lipinski definition) is 1. The maximum absolute atomic E-state index is 6.04. The van der Waals surface area contributed by atoms with Crippen LogP contribution in [0, 0.1) is 0 Å². The quantitative estimate of drug-likeness (QED) is 0.834. The molecule has 0 unspecified atom stereocenters. The molecule has 0 bridgehead atoms. The zero-order valence-electron chi connectivity index (χ0n) is 10.4. The Morgan fingerprint density at radius 1 is 1.35 bits per heavy atom. The first-order valence-corrected chi connectivity index (χ1v) is 6.49. The highest BCUT2D eigenvalue weighted by atomic mass is 16.5. The predicted molar refractivity (Wildman–Crippen MR) is 68.4 cm³/mol. The Bertz CT molecular complexity index is 405. The van der Waals surface area contributed by atoms with Gasteiger partial charge < -0.3 is 15.0 Å². The molecule has 3 rings (SSSR count). The second-order valence-electron chi connectivity index (χ2n) is 5.15. The van der Waals surface area contributed by atoms with Gasteiger partial charge in [0.15, 0.2) is 0 Å². The van der Waals surface area contributed by atoms with Crippen molar-refractivity contribution in [3.8, 4) is 5.75 Å². The molecule has 1 fully saturated rings.